The second kappa shape index (κ2) is 9.52. The van der Waals surface area contributed by atoms with Gasteiger partial charge in [0.25, 0.3) is 0 Å². The number of hydrogen-bond acceptors (Lipinski definition) is 6. The van der Waals surface area contributed by atoms with Crippen molar-refractivity contribution in [3.8, 4) is 23.8 Å². The molecule has 1 N–H and O–H groups in total. The second-order valence-electron chi connectivity index (χ2n) is 6.31. The fraction of sp³-hybridized carbons (Fsp3) is 0.174. The van der Waals surface area contributed by atoms with Crippen molar-refractivity contribution in [2.75, 3.05) is 12.4 Å². The Labute approximate surface area is 174 Å². The standard InChI is InChI=1S/C23H20FN3O3/c1-4-15-6-8-18(9-7-15)27-23-25-12-19(13-26-23)30-14-17-10-16(20(28)5-2)11-21(29-3)22(17)24/h1,6-13H,5,14H2,2-3H3,(H,25,26,27). The van der Waals surface area contributed by atoms with Crippen LogP contribution in [-0.4, -0.2) is 22.9 Å². The van der Waals surface area contributed by atoms with Gasteiger partial charge in [-0.1, -0.05) is 12.8 Å². The average Bonchev–Trinajstić information content (AvgIpc) is 2.79. The maximum Gasteiger partial charge on any atom is 0.227 e. The van der Waals surface area contributed by atoms with Crippen LogP contribution in [0.25, 0.3) is 0 Å². The third-order valence-electron chi connectivity index (χ3n) is 4.31. The summed E-state index contributed by atoms with van der Waals surface area (Å²) < 4.78 is 25.1. The molecule has 0 aliphatic heterocycles. The number of carbonyl (C=O) groups excluding carboxylic acids is 1. The number of anilines is 2. The molecule has 7 heteroatoms. The highest BCUT2D eigenvalue weighted by Gasteiger charge is 2.15. The maximum atomic E-state index is 14.5. The zero-order chi connectivity index (χ0) is 21.5. The van der Waals surface area contributed by atoms with Gasteiger partial charge in [0.2, 0.25) is 5.95 Å². The number of nitrogens with one attached hydrogen (secondary N) is 1. The summed E-state index contributed by atoms with van der Waals surface area (Å²) in [4.78, 5) is 20.4. The molecular weight excluding hydrogens is 385 g/mol. The second-order valence-corrected chi connectivity index (χ2v) is 6.31. The molecule has 0 saturated heterocycles. The van der Waals surface area contributed by atoms with Gasteiger partial charge in [-0.2, -0.15) is 0 Å². The van der Waals surface area contributed by atoms with E-state index in [1.54, 1.807) is 19.1 Å². The van der Waals surface area contributed by atoms with E-state index in [-0.39, 0.29) is 23.7 Å². The van der Waals surface area contributed by atoms with E-state index in [1.807, 2.05) is 12.1 Å². The van der Waals surface area contributed by atoms with Crippen molar-refractivity contribution < 1.29 is 18.7 Å². The Bertz CT molecular complexity index is 1070. The summed E-state index contributed by atoms with van der Waals surface area (Å²) >= 11 is 0. The number of nitrogens with zero attached hydrogens (tertiary/aromatic N) is 2. The number of ketones is 1. The highest BCUT2D eigenvalue weighted by Crippen LogP contribution is 2.25. The molecule has 0 radical (unpaired) electrons. The third-order valence-corrected chi connectivity index (χ3v) is 4.31. The number of halogens is 1. The molecule has 1 heterocycles. The monoisotopic (exact) mass is 405 g/mol. The van der Waals surface area contributed by atoms with E-state index in [0.29, 0.717) is 23.7 Å². The fourth-order valence-corrected chi connectivity index (χ4v) is 2.67. The molecule has 6 nitrogen and oxygen atoms in total. The van der Waals surface area contributed by atoms with Gasteiger partial charge >= 0.3 is 0 Å². The number of carbonyl (C=O) groups is 1. The summed E-state index contributed by atoms with van der Waals surface area (Å²) in [5.74, 6) is 2.60. The number of methoxy groups -OCH3 is 1. The summed E-state index contributed by atoms with van der Waals surface area (Å²) in [5, 5.41) is 3.05. The molecule has 0 aliphatic rings. The van der Waals surface area contributed by atoms with Gasteiger partial charge in [0.05, 0.1) is 19.5 Å². The largest absolute Gasteiger partial charge is 0.494 e. The fourth-order valence-electron chi connectivity index (χ4n) is 2.67. The number of Topliss-reactive ketones (excluding diaryl/α,β-unsaturated/α-hetero) is 1. The van der Waals surface area contributed by atoms with E-state index in [1.165, 1.54) is 31.6 Å². The van der Waals surface area contributed by atoms with Gasteiger partial charge in [0.1, 0.15) is 6.61 Å². The van der Waals surface area contributed by atoms with Gasteiger partial charge in [-0.25, -0.2) is 14.4 Å². The molecule has 0 spiro atoms. The van der Waals surface area contributed by atoms with E-state index in [4.69, 9.17) is 15.9 Å². The normalized spacial score (nSPS) is 10.2. The predicted octanol–water partition coefficient (Wildman–Crippen LogP) is 4.52. The van der Waals surface area contributed by atoms with Gasteiger partial charge in [0, 0.05) is 28.8 Å². The average molecular weight is 405 g/mol. The Kier molecular flexibility index (Phi) is 6.60. The topological polar surface area (TPSA) is 73.3 Å². The predicted molar refractivity (Wildman–Crippen MR) is 112 cm³/mol. The van der Waals surface area contributed by atoms with E-state index >= 15 is 0 Å². The number of benzene rings is 2. The lowest BCUT2D eigenvalue weighted by molar-refractivity contribution is 0.0987. The van der Waals surface area contributed by atoms with Crippen molar-refractivity contribution in [2.24, 2.45) is 0 Å². The first-order chi connectivity index (χ1) is 14.5. The summed E-state index contributed by atoms with van der Waals surface area (Å²) in [6.07, 6.45) is 8.59. The quantitative estimate of drug-likeness (QED) is 0.439. The molecular formula is C23H20FN3O3. The van der Waals surface area contributed by atoms with Crippen molar-refractivity contribution in [3.63, 3.8) is 0 Å². The van der Waals surface area contributed by atoms with Crippen LogP contribution < -0.4 is 14.8 Å². The number of rotatable bonds is 8. The van der Waals surface area contributed by atoms with Gasteiger partial charge in [0.15, 0.2) is 23.1 Å². The third kappa shape index (κ3) is 4.92. The Morgan fingerprint density at radius 2 is 1.90 bits per heavy atom. The minimum absolute atomic E-state index is 0.000415. The smallest absolute Gasteiger partial charge is 0.227 e. The molecule has 0 unspecified atom stereocenters. The minimum atomic E-state index is -0.570. The maximum absolute atomic E-state index is 14.5. The summed E-state index contributed by atoms with van der Waals surface area (Å²) in [6, 6.07) is 10.1. The first kappa shape index (κ1) is 20.8. The van der Waals surface area contributed by atoms with Gasteiger partial charge in [-0.15, -0.1) is 6.42 Å². The molecule has 30 heavy (non-hydrogen) atoms. The molecule has 0 aliphatic carbocycles. The van der Waals surface area contributed by atoms with Crippen LogP contribution in [0.5, 0.6) is 11.5 Å². The Balaban J connectivity index is 1.68. The van der Waals surface area contributed by atoms with E-state index in [0.717, 1.165) is 11.3 Å². The van der Waals surface area contributed by atoms with Crippen LogP contribution in [0.4, 0.5) is 16.0 Å². The van der Waals surface area contributed by atoms with Crippen LogP contribution in [-0.2, 0) is 6.61 Å². The number of hydrogen-bond donors (Lipinski definition) is 1. The molecule has 0 amide bonds. The van der Waals surface area contributed by atoms with Crippen molar-refractivity contribution in [1.29, 1.82) is 0 Å². The Hall–Kier alpha value is -3.92. The highest BCUT2D eigenvalue weighted by atomic mass is 19.1. The molecule has 0 fully saturated rings. The SMILES string of the molecule is C#Cc1ccc(Nc2ncc(OCc3cc(C(=O)CC)cc(OC)c3F)cn2)cc1. The lowest BCUT2D eigenvalue weighted by atomic mass is 10.0. The van der Waals surface area contributed by atoms with E-state index in [9.17, 15) is 9.18 Å². The van der Waals surface area contributed by atoms with Crippen molar-refractivity contribution in [1.82, 2.24) is 9.97 Å². The molecule has 0 saturated carbocycles. The van der Waals surface area contributed by atoms with Crippen molar-refractivity contribution in [3.05, 3.63) is 71.3 Å². The molecule has 0 bridgehead atoms. The number of aromatic nitrogens is 2. The van der Waals surface area contributed by atoms with E-state index < -0.39 is 5.82 Å². The van der Waals surface area contributed by atoms with Crippen LogP contribution in [0.1, 0.15) is 34.8 Å². The van der Waals surface area contributed by atoms with Gasteiger partial charge in [-0.3, -0.25) is 4.79 Å². The first-order valence-electron chi connectivity index (χ1n) is 9.22. The summed E-state index contributed by atoms with van der Waals surface area (Å²) in [6.45, 7) is 1.64. The summed E-state index contributed by atoms with van der Waals surface area (Å²) in [7, 11) is 1.35. The van der Waals surface area contributed by atoms with Crippen molar-refractivity contribution in [2.45, 2.75) is 20.0 Å². The number of ether oxygens (including phenoxy) is 2. The molecule has 3 aromatic rings. The summed E-state index contributed by atoms with van der Waals surface area (Å²) in [5.41, 5.74) is 2.15. The van der Waals surface area contributed by atoms with Crippen molar-refractivity contribution >= 4 is 17.4 Å². The van der Waals surface area contributed by atoms with Crippen LogP contribution in [0.3, 0.4) is 0 Å². The highest BCUT2D eigenvalue weighted by molar-refractivity contribution is 5.96. The minimum Gasteiger partial charge on any atom is -0.494 e. The van der Waals surface area contributed by atoms with Crippen LogP contribution in [0, 0.1) is 18.2 Å². The molecule has 3 rings (SSSR count). The van der Waals surface area contributed by atoms with Crippen LogP contribution >= 0.6 is 0 Å². The lowest BCUT2D eigenvalue weighted by Crippen LogP contribution is -2.06. The Morgan fingerprint density at radius 1 is 1.20 bits per heavy atom. The van der Waals surface area contributed by atoms with E-state index in [2.05, 4.69) is 21.2 Å². The van der Waals surface area contributed by atoms with Gasteiger partial charge < -0.3 is 14.8 Å². The lowest BCUT2D eigenvalue weighted by Gasteiger charge is -2.12. The molecule has 152 valence electrons. The number of terminal acetylenes is 1. The van der Waals surface area contributed by atoms with Crippen LogP contribution in [0.15, 0.2) is 48.8 Å². The first-order valence-corrected chi connectivity index (χ1v) is 9.22. The van der Waals surface area contributed by atoms with Gasteiger partial charge in [-0.05, 0) is 36.4 Å². The van der Waals surface area contributed by atoms with Crippen LogP contribution in [0.2, 0.25) is 0 Å². The Morgan fingerprint density at radius 3 is 2.50 bits per heavy atom. The molecule has 0 atom stereocenters. The molecule has 2 aromatic carbocycles. The zero-order valence-electron chi connectivity index (χ0n) is 16.6. The molecule has 1 aromatic heterocycles. The zero-order valence-corrected chi connectivity index (χ0v) is 16.6.